The normalized spacial score (nSPS) is 16.4. The molecule has 0 saturated carbocycles. The van der Waals surface area contributed by atoms with Gasteiger partial charge >= 0.3 is 0 Å². The molecule has 0 N–H and O–H groups in total. The predicted molar refractivity (Wildman–Crippen MR) is 356 cm³/mol. The maximum absolute atomic E-state index is 2.54. The lowest BCUT2D eigenvalue weighted by Gasteiger charge is -2.52. The average molecular weight is 1090 g/mol. The maximum atomic E-state index is 2.54. The molecule has 0 fully saturated rings. The standard InChI is InChI=1S/C82H72N2/c1-52(78(2,3)4)81(10,79(5,6)7)57-37-32-55(33-38-57)56-36-44-66-63-25-15-19-29-71(63)82(74(66)48-56)72-30-20-16-26-64(72)67-46-42-61(51-75(67)82)84-76-31-21-17-27-68(76)69-49-59(43-47-77(69)84)83(58-39-34-54(35-40-58)53-22-12-11-13-23-53)60-41-45-65-62-24-14-18-28-70(62)80(8,9)73(65)50-60/h11-52H,1-10H3. The Labute approximate surface area is 496 Å². The van der Waals surface area contributed by atoms with Gasteiger partial charge in [0.25, 0.3) is 0 Å². The van der Waals surface area contributed by atoms with Crippen molar-refractivity contribution in [3.63, 3.8) is 0 Å². The van der Waals surface area contributed by atoms with Crippen molar-refractivity contribution in [3.8, 4) is 61.3 Å². The molecule has 3 aliphatic carbocycles. The zero-order chi connectivity index (χ0) is 57.7. The zero-order valence-corrected chi connectivity index (χ0v) is 50.1. The van der Waals surface area contributed by atoms with Crippen LogP contribution in [0.25, 0.3) is 83.1 Å². The molecule has 0 saturated heterocycles. The molecule has 1 heterocycles. The average Bonchev–Trinajstić information content (AvgIpc) is 1.56. The maximum Gasteiger partial charge on any atom is 0.0726 e. The first kappa shape index (κ1) is 51.9. The highest BCUT2D eigenvalue weighted by Gasteiger charge is 2.52. The lowest BCUT2D eigenvalue weighted by molar-refractivity contribution is 0.0579. The first-order valence-electron chi connectivity index (χ1n) is 30.3. The molecule has 2 nitrogen and oxygen atoms in total. The number of anilines is 3. The Hall–Kier alpha value is -8.98. The minimum absolute atomic E-state index is 0.0363. The van der Waals surface area contributed by atoms with Crippen LogP contribution in [0.4, 0.5) is 17.1 Å². The van der Waals surface area contributed by atoms with Crippen LogP contribution in [0.5, 0.6) is 0 Å². The highest BCUT2D eigenvalue weighted by Crippen LogP contribution is 2.64. The van der Waals surface area contributed by atoms with E-state index in [0.717, 1.165) is 22.7 Å². The number of nitrogens with zero attached hydrogens (tertiary/aromatic N) is 2. The van der Waals surface area contributed by atoms with E-state index in [2.05, 4.69) is 327 Å². The third-order valence-electron chi connectivity index (χ3n) is 20.8. The Kier molecular flexibility index (Phi) is 11.4. The van der Waals surface area contributed by atoms with Crippen molar-refractivity contribution < 1.29 is 0 Å². The van der Waals surface area contributed by atoms with Gasteiger partial charge in [-0.15, -0.1) is 0 Å². The molecule has 3 unspecified atom stereocenters. The molecule has 0 radical (unpaired) electrons. The van der Waals surface area contributed by atoms with E-state index >= 15 is 0 Å². The predicted octanol–water partition coefficient (Wildman–Crippen LogP) is 22.2. The van der Waals surface area contributed by atoms with Gasteiger partial charge in [-0.05, 0) is 178 Å². The Morgan fingerprint density at radius 1 is 0.357 bits per heavy atom. The topological polar surface area (TPSA) is 8.17 Å². The Balaban J connectivity index is 0.887. The largest absolute Gasteiger partial charge is 0.310 e. The van der Waals surface area contributed by atoms with Crippen LogP contribution in [-0.2, 0) is 16.2 Å². The molecular formula is C82H72N2. The molecule has 3 atom stereocenters. The summed E-state index contributed by atoms with van der Waals surface area (Å²) in [6.07, 6.45) is 0. The number of para-hydroxylation sites is 1. The minimum atomic E-state index is -0.537. The zero-order valence-electron chi connectivity index (χ0n) is 50.1. The molecule has 410 valence electrons. The van der Waals surface area contributed by atoms with Gasteiger partial charge in [0.15, 0.2) is 0 Å². The van der Waals surface area contributed by atoms with Gasteiger partial charge in [0.2, 0.25) is 0 Å². The van der Waals surface area contributed by atoms with Crippen LogP contribution in [0.3, 0.4) is 0 Å². The third-order valence-corrected chi connectivity index (χ3v) is 20.8. The van der Waals surface area contributed by atoms with Gasteiger partial charge < -0.3 is 9.47 Å². The van der Waals surface area contributed by atoms with Crippen molar-refractivity contribution in [3.05, 3.63) is 288 Å². The quantitative estimate of drug-likeness (QED) is 0.147. The summed E-state index contributed by atoms with van der Waals surface area (Å²) >= 11 is 0. The fraction of sp³-hybridized carbons (Fsp3) is 0.195. The van der Waals surface area contributed by atoms with Crippen molar-refractivity contribution in [1.82, 2.24) is 4.57 Å². The summed E-state index contributed by atoms with van der Waals surface area (Å²) in [6.45, 7) is 24.1. The van der Waals surface area contributed by atoms with Crippen molar-refractivity contribution in [2.45, 2.75) is 85.5 Å². The molecule has 15 rings (SSSR count). The van der Waals surface area contributed by atoms with Crippen molar-refractivity contribution in [1.29, 1.82) is 0 Å². The lowest BCUT2D eigenvalue weighted by Crippen LogP contribution is -2.47. The molecule has 1 aromatic heterocycles. The van der Waals surface area contributed by atoms with Gasteiger partial charge in [0.05, 0.1) is 16.4 Å². The van der Waals surface area contributed by atoms with E-state index in [9.17, 15) is 0 Å². The first-order valence-corrected chi connectivity index (χ1v) is 30.3. The van der Waals surface area contributed by atoms with E-state index in [4.69, 9.17) is 0 Å². The van der Waals surface area contributed by atoms with E-state index in [1.165, 1.54) is 116 Å². The van der Waals surface area contributed by atoms with Crippen LogP contribution >= 0.6 is 0 Å². The third kappa shape index (κ3) is 7.41. The van der Waals surface area contributed by atoms with Crippen molar-refractivity contribution in [2.75, 3.05) is 4.90 Å². The molecule has 0 aliphatic heterocycles. The summed E-state index contributed by atoms with van der Waals surface area (Å²) in [6, 6.07) is 94.7. The number of fused-ring (bicyclic) bond motifs is 16. The Morgan fingerprint density at radius 3 is 1.49 bits per heavy atom. The number of hydrogen-bond acceptors (Lipinski definition) is 1. The minimum Gasteiger partial charge on any atom is -0.310 e. The second-order valence-electron chi connectivity index (χ2n) is 27.2. The fourth-order valence-corrected chi connectivity index (χ4v) is 15.7. The molecule has 3 aliphatic rings. The summed E-state index contributed by atoms with van der Waals surface area (Å²) in [5.41, 5.74) is 28.6. The van der Waals surface area contributed by atoms with Gasteiger partial charge in [-0.25, -0.2) is 0 Å². The molecular weight excluding hydrogens is 1010 g/mol. The highest BCUT2D eigenvalue weighted by atomic mass is 15.1. The summed E-state index contributed by atoms with van der Waals surface area (Å²) in [5, 5.41) is 2.44. The molecule has 2 heteroatoms. The molecule has 0 bridgehead atoms. The second kappa shape index (κ2) is 18.5. The summed E-state index contributed by atoms with van der Waals surface area (Å²) in [5.74, 6) is 0.453. The van der Waals surface area contributed by atoms with Crippen LogP contribution in [0.1, 0.15) is 108 Å². The molecule has 12 aromatic rings. The smallest absolute Gasteiger partial charge is 0.0726 e. The summed E-state index contributed by atoms with van der Waals surface area (Å²) in [4.78, 5) is 2.46. The van der Waals surface area contributed by atoms with E-state index in [1.54, 1.807) is 0 Å². The summed E-state index contributed by atoms with van der Waals surface area (Å²) in [7, 11) is 0. The van der Waals surface area contributed by atoms with Crippen LogP contribution in [-0.4, -0.2) is 4.57 Å². The van der Waals surface area contributed by atoms with E-state index in [-0.39, 0.29) is 21.7 Å². The van der Waals surface area contributed by atoms with Gasteiger partial charge in [-0.3, -0.25) is 0 Å². The highest BCUT2D eigenvalue weighted by molar-refractivity contribution is 6.11. The van der Waals surface area contributed by atoms with Crippen LogP contribution in [0.2, 0.25) is 0 Å². The molecule has 1 spiro atoms. The molecule has 11 aromatic carbocycles. The monoisotopic (exact) mass is 1080 g/mol. The fourth-order valence-electron chi connectivity index (χ4n) is 15.7. The van der Waals surface area contributed by atoms with Gasteiger partial charge in [-0.1, -0.05) is 251 Å². The van der Waals surface area contributed by atoms with Gasteiger partial charge in [0, 0.05) is 44.4 Å². The summed E-state index contributed by atoms with van der Waals surface area (Å²) < 4.78 is 2.52. The Morgan fingerprint density at radius 2 is 0.821 bits per heavy atom. The van der Waals surface area contributed by atoms with Crippen LogP contribution in [0.15, 0.2) is 249 Å². The van der Waals surface area contributed by atoms with Gasteiger partial charge in [-0.2, -0.15) is 0 Å². The number of benzene rings is 11. The van der Waals surface area contributed by atoms with E-state index in [0.29, 0.717) is 5.92 Å². The van der Waals surface area contributed by atoms with Crippen LogP contribution < -0.4 is 4.90 Å². The number of hydrogen-bond donors (Lipinski definition) is 0. The van der Waals surface area contributed by atoms with Crippen LogP contribution in [0, 0.1) is 16.7 Å². The molecule has 84 heavy (non-hydrogen) atoms. The van der Waals surface area contributed by atoms with E-state index < -0.39 is 5.41 Å². The SMILES string of the molecule is CC(C(C)(C)C)C(C)(c1ccc(-c2ccc3c(c2)C2(c4ccccc4-3)c3ccccc3-c3ccc(-n4c5ccccc5c5cc(N(c6ccc(-c7ccccc7)cc6)c6ccc7c(c6)C(C)(C)c6ccccc6-7)ccc54)cc32)cc1)C(C)(C)C. The van der Waals surface area contributed by atoms with Crippen molar-refractivity contribution in [2.24, 2.45) is 16.7 Å². The Bertz CT molecular complexity index is 4600. The number of rotatable bonds is 8. The lowest BCUT2D eigenvalue weighted by atomic mass is 9.53. The van der Waals surface area contributed by atoms with E-state index in [1.807, 2.05) is 0 Å². The second-order valence-corrected chi connectivity index (χ2v) is 27.2. The number of aromatic nitrogens is 1. The first-order chi connectivity index (χ1) is 40.5. The molecule has 0 amide bonds. The van der Waals surface area contributed by atoms with Crippen molar-refractivity contribution >= 4 is 38.9 Å². The van der Waals surface area contributed by atoms with Gasteiger partial charge in [0.1, 0.15) is 0 Å².